The second-order valence-electron chi connectivity index (χ2n) is 5.45. The van der Waals surface area contributed by atoms with E-state index in [-0.39, 0.29) is 17.9 Å². The van der Waals surface area contributed by atoms with Gasteiger partial charge in [0.2, 0.25) is 5.91 Å². The molecule has 2 aliphatic rings. The van der Waals surface area contributed by atoms with Crippen LogP contribution in [0.4, 0.5) is 0 Å². The molecule has 2 rings (SSSR count). The Morgan fingerprint density at radius 1 is 1.35 bits per heavy atom. The number of rotatable bonds is 3. The summed E-state index contributed by atoms with van der Waals surface area (Å²) in [7, 11) is 1.73. The summed E-state index contributed by atoms with van der Waals surface area (Å²) in [5.74, 6) is 0.877. The van der Waals surface area contributed by atoms with E-state index in [0.717, 1.165) is 45.4 Å². The highest BCUT2D eigenvalue weighted by Gasteiger charge is 2.34. The number of piperidine rings is 1. The number of carbonyl (C=O) groups is 1. The summed E-state index contributed by atoms with van der Waals surface area (Å²) in [6.07, 6.45) is 5.36. The summed E-state index contributed by atoms with van der Waals surface area (Å²) in [5.41, 5.74) is 6.01. The number of ether oxygens (including phenoxy) is 1. The number of methoxy groups -OCH3 is 1. The molecular weight excluding hydrogens is 216 g/mol. The molecular formula is C13H24N2O2. The van der Waals surface area contributed by atoms with Gasteiger partial charge in [-0.3, -0.25) is 4.79 Å². The Bertz CT molecular complexity index is 268. The molecule has 0 aromatic heterocycles. The summed E-state index contributed by atoms with van der Waals surface area (Å²) < 4.78 is 5.19. The van der Waals surface area contributed by atoms with Crippen LogP contribution in [-0.4, -0.2) is 43.7 Å². The lowest BCUT2D eigenvalue weighted by molar-refractivity contribution is -0.138. The van der Waals surface area contributed by atoms with E-state index in [1.54, 1.807) is 7.11 Å². The van der Waals surface area contributed by atoms with Gasteiger partial charge in [0.15, 0.2) is 0 Å². The highest BCUT2D eigenvalue weighted by atomic mass is 16.5. The van der Waals surface area contributed by atoms with Crippen molar-refractivity contribution in [3.05, 3.63) is 0 Å². The molecule has 0 radical (unpaired) electrons. The molecule has 0 aromatic carbocycles. The summed E-state index contributed by atoms with van der Waals surface area (Å²) in [4.78, 5) is 14.4. The molecule has 0 aromatic rings. The molecule has 17 heavy (non-hydrogen) atoms. The van der Waals surface area contributed by atoms with Crippen LogP contribution in [0.15, 0.2) is 0 Å². The molecule has 1 saturated carbocycles. The molecule has 0 unspecified atom stereocenters. The molecule has 3 atom stereocenters. The number of likely N-dealkylation sites (tertiary alicyclic amines) is 1. The van der Waals surface area contributed by atoms with E-state index < -0.39 is 0 Å². The maximum atomic E-state index is 12.4. The number of carbonyl (C=O) groups excluding carboxylic acids is 1. The lowest BCUT2D eigenvalue weighted by atomic mass is 9.96. The Labute approximate surface area is 103 Å². The zero-order valence-corrected chi connectivity index (χ0v) is 10.7. The van der Waals surface area contributed by atoms with Crippen molar-refractivity contribution in [1.29, 1.82) is 0 Å². The van der Waals surface area contributed by atoms with Crippen molar-refractivity contribution in [1.82, 2.24) is 4.90 Å². The molecule has 0 spiro atoms. The topological polar surface area (TPSA) is 55.6 Å². The zero-order valence-electron chi connectivity index (χ0n) is 10.7. The fourth-order valence-corrected chi connectivity index (χ4v) is 3.17. The minimum absolute atomic E-state index is 0.0799. The van der Waals surface area contributed by atoms with Crippen LogP contribution >= 0.6 is 0 Å². The van der Waals surface area contributed by atoms with E-state index >= 15 is 0 Å². The van der Waals surface area contributed by atoms with Crippen molar-refractivity contribution in [3.63, 3.8) is 0 Å². The Morgan fingerprint density at radius 2 is 2.18 bits per heavy atom. The number of nitrogens with two attached hydrogens (primary N) is 1. The maximum absolute atomic E-state index is 12.4. The van der Waals surface area contributed by atoms with E-state index in [2.05, 4.69) is 0 Å². The van der Waals surface area contributed by atoms with Gasteiger partial charge in [-0.2, -0.15) is 0 Å². The van der Waals surface area contributed by atoms with Crippen LogP contribution in [0.1, 0.15) is 32.1 Å². The van der Waals surface area contributed by atoms with Gasteiger partial charge in [0.25, 0.3) is 0 Å². The van der Waals surface area contributed by atoms with Gasteiger partial charge in [-0.1, -0.05) is 6.42 Å². The largest absolute Gasteiger partial charge is 0.384 e. The van der Waals surface area contributed by atoms with Crippen molar-refractivity contribution in [2.45, 2.75) is 38.1 Å². The number of amides is 1. The molecule has 1 aliphatic carbocycles. The van der Waals surface area contributed by atoms with Gasteiger partial charge >= 0.3 is 0 Å². The second kappa shape index (κ2) is 5.83. The van der Waals surface area contributed by atoms with Crippen LogP contribution in [0.3, 0.4) is 0 Å². The van der Waals surface area contributed by atoms with Crippen LogP contribution in [-0.2, 0) is 9.53 Å². The quantitative estimate of drug-likeness (QED) is 0.800. The van der Waals surface area contributed by atoms with E-state index in [1.165, 1.54) is 6.42 Å². The van der Waals surface area contributed by atoms with Gasteiger partial charge in [0.1, 0.15) is 0 Å². The maximum Gasteiger partial charge on any atom is 0.227 e. The average molecular weight is 240 g/mol. The number of hydrogen-bond donors (Lipinski definition) is 1. The molecule has 4 heteroatoms. The minimum Gasteiger partial charge on any atom is -0.384 e. The lowest BCUT2D eigenvalue weighted by Crippen LogP contribution is -2.46. The monoisotopic (exact) mass is 240 g/mol. The van der Waals surface area contributed by atoms with Crippen molar-refractivity contribution in [3.8, 4) is 0 Å². The first-order chi connectivity index (χ1) is 8.22. The zero-order chi connectivity index (χ0) is 12.3. The molecule has 2 fully saturated rings. The molecule has 1 aliphatic heterocycles. The van der Waals surface area contributed by atoms with Crippen molar-refractivity contribution < 1.29 is 9.53 Å². The van der Waals surface area contributed by atoms with Crippen LogP contribution in [0.5, 0.6) is 0 Å². The van der Waals surface area contributed by atoms with E-state index in [0.29, 0.717) is 5.92 Å². The molecule has 98 valence electrons. The number of nitrogens with zero attached hydrogens (tertiary/aromatic N) is 1. The summed E-state index contributed by atoms with van der Waals surface area (Å²) >= 11 is 0. The first kappa shape index (κ1) is 12.8. The average Bonchev–Trinajstić information content (AvgIpc) is 2.75. The Balaban J connectivity index is 1.90. The molecule has 1 heterocycles. The molecule has 4 nitrogen and oxygen atoms in total. The van der Waals surface area contributed by atoms with Gasteiger partial charge in [0, 0.05) is 26.2 Å². The van der Waals surface area contributed by atoms with E-state index in [9.17, 15) is 4.79 Å². The van der Waals surface area contributed by atoms with Crippen molar-refractivity contribution in [2.75, 3.05) is 26.8 Å². The Kier molecular flexibility index (Phi) is 4.40. The van der Waals surface area contributed by atoms with Crippen molar-refractivity contribution in [2.24, 2.45) is 17.6 Å². The van der Waals surface area contributed by atoms with Crippen molar-refractivity contribution >= 4 is 5.91 Å². The summed E-state index contributed by atoms with van der Waals surface area (Å²) in [6, 6.07) is 0.0882. The Hall–Kier alpha value is -0.610. The Morgan fingerprint density at radius 3 is 2.82 bits per heavy atom. The summed E-state index contributed by atoms with van der Waals surface area (Å²) in [6.45, 7) is 2.53. The van der Waals surface area contributed by atoms with Crippen LogP contribution in [0.25, 0.3) is 0 Å². The predicted molar refractivity (Wildman–Crippen MR) is 66.5 cm³/mol. The summed E-state index contributed by atoms with van der Waals surface area (Å²) in [5, 5.41) is 0. The van der Waals surface area contributed by atoms with Gasteiger partial charge in [-0.05, 0) is 31.6 Å². The highest BCUT2D eigenvalue weighted by molar-refractivity contribution is 5.80. The molecule has 2 N–H and O–H groups in total. The SMILES string of the molecule is COC[C@@H]1CCCN(C(=O)[C@@H]2CCC[C@H]2N)C1. The first-order valence-electron chi connectivity index (χ1n) is 6.75. The van der Waals surface area contributed by atoms with Gasteiger partial charge < -0.3 is 15.4 Å². The van der Waals surface area contributed by atoms with Crippen LogP contribution in [0, 0.1) is 11.8 Å². The van der Waals surface area contributed by atoms with Crippen LogP contribution in [0.2, 0.25) is 0 Å². The third kappa shape index (κ3) is 2.99. The van der Waals surface area contributed by atoms with E-state index in [4.69, 9.17) is 10.5 Å². The predicted octanol–water partition coefficient (Wildman–Crippen LogP) is 0.999. The standard InChI is InChI=1S/C13H24N2O2/c1-17-9-10-4-3-7-15(8-10)13(16)11-5-2-6-12(11)14/h10-12H,2-9,14H2,1H3/t10-,11-,12-/m1/s1. The van der Waals surface area contributed by atoms with E-state index in [1.807, 2.05) is 4.90 Å². The number of hydrogen-bond acceptors (Lipinski definition) is 3. The molecule has 1 saturated heterocycles. The fraction of sp³-hybridized carbons (Fsp3) is 0.923. The normalized spacial score (nSPS) is 34.0. The minimum atomic E-state index is 0.0799. The second-order valence-corrected chi connectivity index (χ2v) is 5.45. The van der Waals surface area contributed by atoms with Gasteiger partial charge in [-0.15, -0.1) is 0 Å². The smallest absolute Gasteiger partial charge is 0.227 e. The lowest BCUT2D eigenvalue weighted by Gasteiger charge is -2.34. The van der Waals surface area contributed by atoms with Crippen LogP contribution < -0.4 is 5.73 Å². The third-order valence-corrected chi connectivity index (χ3v) is 4.12. The molecule has 1 amide bonds. The molecule has 0 bridgehead atoms. The fourth-order valence-electron chi connectivity index (χ4n) is 3.17. The first-order valence-corrected chi connectivity index (χ1v) is 6.75. The van der Waals surface area contributed by atoms with Gasteiger partial charge in [-0.25, -0.2) is 0 Å². The third-order valence-electron chi connectivity index (χ3n) is 4.12. The highest BCUT2D eigenvalue weighted by Crippen LogP contribution is 2.27. The van der Waals surface area contributed by atoms with Gasteiger partial charge in [0.05, 0.1) is 12.5 Å².